The van der Waals surface area contributed by atoms with Gasteiger partial charge in [-0.2, -0.15) is 0 Å². The number of halogens is 1. The predicted octanol–water partition coefficient (Wildman–Crippen LogP) is 5.96. The summed E-state index contributed by atoms with van der Waals surface area (Å²) in [6.45, 7) is 1.73. The second-order valence-electron chi connectivity index (χ2n) is 7.26. The van der Waals surface area contributed by atoms with E-state index in [0.717, 1.165) is 16.9 Å². The number of aliphatic imine (C=N–C) groups is 1. The van der Waals surface area contributed by atoms with Crippen molar-refractivity contribution >= 4 is 68.8 Å². The third-order valence-electron chi connectivity index (χ3n) is 4.77. The second kappa shape index (κ2) is 11.4. The number of hydrogen-bond donors (Lipinski definition) is 1. The van der Waals surface area contributed by atoms with E-state index < -0.39 is 12.6 Å². The molecule has 0 spiro atoms. The van der Waals surface area contributed by atoms with Crippen molar-refractivity contribution in [3.05, 3.63) is 86.8 Å². The van der Waals surface area contributed by atoms with Gasteiger partial charge in [-0.1, -0.05) is 36.4 Å². The lowest BCUT2D eigenvalue weighted by atomic mass is 10.1. The van der Waals surface area contributed by atoms with Crippen molar-refractivity contribution in [3.8, 4) is 11.5 Å². The molecule has 0 aliphatic carbocycles. The Morgan fingerprint density at radius 2 is 1.77 bits per heavy atom. The molecule has 35 heavy (non-hydrogen) atoms. The van der Waals surface area contributed by atoms with E-state index in [1.165, 1.54) is 11.8 Å². The lowest BCUT2D eigenvalue weighted by Crippen LogP contribution is -2.28. The number of carboxylic acid groups (broad SMARTS) is 1. The fourth-order valence-electron chi connectivity index (χ4n) is 3.33. The van der Waals surface area contributed by atoms with E-state index in [9.17, 15) is 9.59 Å². The van der Waals surface area contributed by atoms with E-state index in [1.807, 2.05) is 73.7 Å². The number of aliphatic carboxylic acids is 1. The molecule has 1 heterocycles. The minimum absolute atomic E-state index is 0.185. The molecule has 0 bridgehead atoms. The number of benzene rings is 3. The molecule has 1 aliphatic heterocycles. The van der Waals surface area contributed by atoms with Crippen LogP contribution in [0.5, 0.6) is 11.5 Å². The molecule has 1 fully saturated rings. The fourth-order valence-corrected chi connectivity index (χ4v) is 5.11. The van der Waals surface area contributed by atoms with E-state index in [1.54, 1.807) is 17.0 Å². The van der Waals surface area contributed by atoms with E-state index in [0.29, 0.717) is 31.7 Å². The third-order valence-corrected chi connectivity index (χ3v) is 6.54. The van der Waals surface area contributed by atoms with E-state index in [4.69, 9.17) is 19.6 Å². The van der Waals surface area contributed by atoms with Gasteiger partial charge in [0.2, 0.25) is 0 Å². The highest BCUT2D eigenvalue weighted by Gasteiger charge is 2.34. The summed E-state index contributed by atoms with van der Waals surface area (Å²) < 4.78 is 11.8. The van der Waals surface area contributed by atoms with Crippen molar-refractivity contribution in [1.29, 1.82) is 0 Å². The number of carbonyl (C=O) groups excluding carboxylic acids is 1. The maximum Gasteiger partial charge on any atom is 0.341 e. The smallest absolute Gasteiger partial charge is 0.341 e. The van der Waals surface area contributed by atoms with Crippen LogP contribution in [0.1, 0.15) is 12.5 Å². The van der Waals surface area contributed by atoms with E-state index in [-0.39, 0.29) is 5.91 Å². The molecule has 1 amide bonds. The number of amides is 1. The Hall–Kier alpha value is -3.31. The summed E-state index contributed by atoms with van der Waals surface area (Å²) in [5.41, 5.74) is 2.20. The SMILES string of the molecule is CCOc1cc(/C=C2/SC(=Nc3ccccc3)N(c3ccccc3)C2=O)cc(I)c1OCC(=O)O. The van der Waals surface area contributed by atoms with E-state index in [2.05, 4.69) is 22.6 Å². The molecule has 0 atom stereocenters. The second-order valence-corrected chi connectivity index (χ2v) is 9.43. The largest absolute Gasteiger partial charge is 0.490 e. The van der Waals surface area contributed by atoms with Crippen molar-refractivity contribution in [3.63, 3.8) is 0 Å². The van der Waals surface area contributed by atoms with Gasteiger partial charge >= 0.3 is 5.97 Å². The Kier molecular flexibility index (Phi) is 8.09. The van der Waals surface area contributed by atoms with Crippen LogP contribution in [-0.2, 0) is 9.59 Å². The molecular weight excluding hydrogens is 579 g/mol. The predicted molar refractivity (Wildman–Crippen MR) is 146 cm³/mol. The minimum Gasteiger partial charge on any atom is -0.490 e. The van der Waals surface area contributed by atoms with Crippen LogP contribution in [0.4, 0.5) is 11.4 Å². The molecule has 1 saturated heterocycles. The van der Waals surface area contributed by atoms with Crippen LogP contribution in [0.25, 0.3) is 6.08 Å². The lowest BCUT2D eigenvalue weighted by Gasteiger charge is -2.15. The number of nitrogens with zero attached hydrogens (tertiary/aromatic N) is 2. The van der Waals surface area contributed by atoms with Gasteiger partial charge in [0.1, 0.15) is 0 Å². The molecule has 9 heteroatoms. The van der Waals surface area contributed by atoms with Gasteiger partial charge in [0.05, 0.1) is 26.5 Å². The van der Waals surface area contributed by atoms with Crippen molar-refractivity contribution in [1.82, 2.24) is 0 Å². The zero-order valence-electron chi connectivity index (χ0n) is 18.7. The zero-order chi connectivity index (χ0) is 24.8. The Morgan fingerprint density at radius 3 is 2.43 bits per heavy atom. The van der Waals surface area contributed by atoms with Gasteiger partial charge in [-0.05, 0) is 89.3 Å². The summed E-state index contributed by atoms with van der Waals surface area (Å²) in [7, 11) is 0. The highest BCUT2D eigenvalue weighted by atomic mass is 127. The first-order valence-electron chi connectivity index (χ1n) is 10.7. The van der Waals surface area contributed by atoms with Crippen molar-refractivity contribution in [2.45, 2.75) is 6.92 Å². The van der Waals surface area contributed by atoms with Crippen LogP contribution in [0.15, 0.2) is 82.7 Å². The molecule has 4 rings (SSSR count). The summed E-state index contributed by atoms with van der Waals surface area (Å²) in [5.74, 6) is -0.482. The molecule has 0 radical (unpaired) electrons. The Bertz CT molecular complexity index is 1300. The third kappa shape index (κ3) is 6.04. The number of ether oxygens (including phenoxy) is 2. The zero-order valence-corrected chi connectivity index (χ0v) is 21.7. The van der Waals surface area contributed by atoms with Crippen molar-refractivity contribution in [2.75, 3.05) is 18.1 Å². The fraction of sp³-hybridized carbons (Fsp3) is 0.115. The van der Waals surface area contributed by atoms with Gasteiger partial charge in [0, 0.05) is 0 Å². The Morgan fingerprint density at radius 1 is 1.09 bits per heavy atom. The molecule has 0 saturated carbocycles. The van der Waals surface area contributed by atoms with Crippen LogP contribution in [0.3, 0.4) is 0 Å². The standard InChI is InChI=1S/C26H21IN2O5S/c1-2-33-21-14-17(13-20(27)24(21)34-16-23(30)31)15-22-25(32)29(19-11-7-4-8-12-19)26(35-22)28-18-9-5-3-6-10-18/h3-15H,2,16H2,1H3,(H,30,31)/b22-15+,28-26?. The lowest BCUT2D eigenvalue weighted by molar-refractivity contribution is -0.139. The Balaban J connectivity index is 1.73. The average molecular weight is 600 g/mol. The van der Waals surface area contributed by atoms with Gasteiger partial charge in [-0.25, -0.2) is 9.79 Å². The van der Waals surface area contributed by atoms with Crippen LogP contribution in [-0.4, -0.2) is 35.4 Å². The molecule has 3 aromatic rings. The average Bonchev–Trinajstić information content (AvgIpc) is 3.14. The van der Waals surface area contributed by atoms with Gasteiger partial charge in [0.15, 0.2) is 23.3 Å². The number of anilines is 1. The van der Waals surface area contributed by atoms with Crippen LogP contribution in [0.2, 0.25) is 0 Å². The number of hydrogen-bond acceptors (Lipinski definition) is 6. The molecule has 1 aliphatic rings. The first-order chi connectivity index (χ1) is 17.0. The van der Waals surface area contributed by atoms with Crippen LogP contribution >= 0.6 is 34.4 Å². The quantitative estimate of drug-likeness (QED) is 0.254. The summed E-state index contributed by atoms with van der Waals surface area (Å²) in [4.78, 5) is 31.3. The maximum atomic E-state index is 13.5. The normalized spacial score (nSPS) is 15.6. The Labute approximate surface area is 220 Å². The molecule has 1 N–H and O–H groups in total. The molecular formula is C26H21IN2O5S. The molecule has 7 nitrogen and oxygen atoms in total. The number of amidine groups is 1. The van der Waals surface area contributed by atoms with Crippen LogP contribution < -0.4 is 14.4 Å². The summed E-state index contributed by atoms with van der Waals surface area (Å²) >= 11 is 3.36. The monoisotopic (exact) mass is 600 g/mol. The minimum atomic E-state index is -1.08. The molecule has 0 unspecified atom stereocenters. The highest BCUT2D eigenvalue weighted by molar-refractivity contribution is 14.1. The van der Waals surface area contributed by atoms with Crippen LogP contribution in [0, 0.1) is 3.57 Å². The van der Waals surface area contributed by atoms with Gasteiger partial charge in [-0.3, -0.25) is 9.69 Å². The first kappa shape index (κ1) is 24.8. The number of para-hydroxylation sites is 2. The maximum absolute atomic E-state index is 13.5. The molecule has 0 aromatic heterocycles. The number of rotatable bonds is 8. The summed E-state index contributed by atoms with van der Waals surface area (Å²) in [6.07, 6.45) is 1.78. The number of carboxylic acids is 1. The van der Waals surface area contributed by atoms with Crippen molar-refractivity contribution < 1.29 is 24.2 Å². The van der Waals surface area contributed by atoms with Gasteiger partial charge < -0.3 is 14.6 Å². The highest BCUT2D eigenvalue weighted by Crippen LogP contribution is 2.39. The number of thioether (sulfide) groups is 1. The first-order valence-corrected chi connectivity index (χ1v) is 12.6. The summed E-state index contributed by atoms with van der Waals surface area (Å²) in [6, 6.07) is 22.4. The van der Waals surface area contributed by atoms with Gasteiger partial charge in [-0.15, -0.1) is 0 Å². The summed E-state index contributed by atoms with van der Waals surface area (Å²) in [5, 5.41) is 9.53. The van der Waals surface area contributed by atoms with E-state index >= 15 is 0 Å². The molecule has 178 valence electrons. The topological polar surface area (TPSA) is 88.4 Å². The van der Waals surface area contributed by atoms with Crippen molar-refractivity contribution in [2.24, 2.45) is 4.99 Å². The molecule has 3 aromatic carbocycles. The number of carbonyl (C=O) groups is 2. The van der Waals surface area contributed by atoms with Gasteiger partial charge in [0.25, 0.3) is 5.91 Å².